The summed E-state index contributed by atoms with van der Waals surface area (Å²) < 4.78 is 40.5. The monoisotopic (exact) mass is 411 g/mol. The Morgan fingerprint density at radius 2 is 1.93 bits per heavy atom. The summed E-state index contributed by atoms with van der Waals surface area (Å²) in [7, 11) is 0. The van der Waals surface area contributed by atoms with Crippen LogP contribution in [0.3, 0.4) is 0 Å². The molecule has 0 spiro atoms. The molecule has 1 saturated heterocycles. The molecule has 0 aliphatic carbocycles. The summed E-state index contributed by atoms with van der Waals surface area (Å²) in [6.45, 7) is 6.02. The van der Waals surface area contributed by atoms with E-state index >= 15 is 0 Å². The van der Waals surface area contributed by atoms with Crippen LogP contribution in [0.1, 0.15) is 50.9 Å². The first-order valence-corrected chi connectivity index (χ1v) is 9.45. The van der Waals surface area contributed by atoms with Gasteiger partial charge in [0.25, 0.3) is 0 Å². The highest BCUT2D eigenvalue weighted by molar-refractivity contribution is 5.87. The molecule has 2 aromatic heterocycles. The zero-order valence-corrected chi connectivity index (χ0v) is 16.6. The number of amides is 2. The number of halogens is 3. The van der Waals surface area contributed by atoms with E-state index in [0.29, 0.717) is 37.4 Å². The Bertz CT molecular complexity index is 917. The lowest BCUT2D eigenvalue weighted by Gasteiger charge is -2.32. The van der Waals surface area contributed by atoms with Crippen LogP contribution in [-0.4, -0.2) is 50.9 Å². The van der Waals surface area contributed by atoms with Crippen molar-refractivity contribution in [2.45, 2.75) is 45.7 Å². The van der Waals surface area contributed by atoms with Gasteiger partial charge in [0.05, 0.1) is 12.1 Å². The number of likely N-dealkylation sites (tertiary alicyclic amines) is 1. The molecule has 1 N–H and O–H groups in total. The van der Waals surface area contributed by atoms with Gasteiger partial charge in [-0.15, -0.1) is 10.2 Å². The highest BCUT2D eigenvalue weighted by atomic mass is 19.4. The maximum absolute atomic E-state index is 13.1. The van der Waals surface area contributed by atoms with Crippen molar-refractivity contribution in [1.82, 2.24) is 24.8 Å². The molecule has 7 nitrogen and oxygen atoms in total. The summed E-state index contributed by atoms with van der Waals surface area (Å²) in [5, 5.41) is 10.7. The summed E-state index contributed by atoms with van der Waals surface area (Å²) >= 11 is 0. The van der Waals surface area contributed by atoms with E-state index in [-0.39, 0.29) is 24.3 Å². The molecule has 1 aliphatic heterocycles. The van der Waals surface area contributed by atoms with Crippen molar-refractivity contribution < 1.29 is 22.8 Å². The van der Waals surface area contributed by atoms with Crippen LogP contribution in [-0.2, 0) is 15.8 Å². The van der Waals surface area contributed by atoms with Gasteiger partial charge in [0.1, 0.15) is 5.82 Å². The van der Waals surface area contributed by atoms with Crippen molar-refractivity contribution >= 4 is 17.5 Å². The van der Waals surface area contributed by atoms with Crippen molar-refractivity contribution in [1.29, 1.82) is 0 Å². The number of piperidine rings is 1. The fourth-order valence-electron chi connectivity index (χ4n) is 3.30. The van der Waals surface area contributed by atoms with Crippen LogP contribution in [0.2, 0.25) is 0 Å². The van der Waals surface area contributed by atoms with E-state index in [9.17, 15) is 22.8 Å². The van der Waals surface area contributed by atoms with Crippen molar-refractivity contribution in [3.63, 3.8) is 0 Å². The molecule has 1 atom stereocenters. The number of fused-ring (bicyclic) bond motifs is 1. The Hall–Kier alpha value is -2.65. The lowest BCUT2D eigenvalue weighted by molar-refractivity contribution is -0.137. The van der Waals surface area contributed by atoms with E-state index < -0.39 is 17.2 Å². The highest BCUT2D eigenvalue weighted by Crippen LogP contribution is 2.31. The smallest absolute Gasteiger partial charge is 0.347 e. The van der Waals surface area contributed by atoms with Gasteiger partial charge in [-0.25, -0.2) is 0 Å². The molecular weight excluding hydrogens is 387 g/mol. The Balaban J connectivity index is 1.74. The molecule has 1 unspecified atom stereocenters. The number of alkyl halides is 3. The van der Waals surface area contributed by atoms with Gasteiger partial charge in [-0.3, -0.25) is 14.0 Å². The lowest BCUT2D eigenvalue weighted by Crippen LogP contribution is -2.46. The Morgan fingerprint density at radius 3 is 2.59 bits per heavy atom. The minimum Gasteiger partial charge on any atom is -0.347 e. The van der Waals surface area contributed by atoms with Crippen LogP contribution in [0, 0.1) is 5.41 Å². The second-order valence-electron chi connectivity index (χ2n) is 8.31. The average Bonchev–Trinajstić information content (AvgIpc) is 3.07. The average molecular weight is 411 g/mol. The molecular formula is C19H24F3N5O2. The maximum Gasteiger partial charge on any atom is 0.417 e. The fourth-order valence-corrected chi connectivity index (χ4v) is 3.30. The van der Waals surface area contributed by atoms with Gasteiger partial charge in [-0.05, 0) is 25.0 Å². The first kappa shape index (κ1) is 21.1. The van der Waals surface area contributed by atoms with Crippen LogP contribution in [0.25, 0.3) is 5.65 Å². The van der Waals surface area contributed by atoms with Crippen molar-refractivity contribution in [3.8, 4) is 0 Å². The van der Waals surface area contributed by atoms with E-state index in [2.05, 4.69) is 15.5 Å². The molecule has 3 heterocycles. The highest BCUT2D eigenvalue weighted by Gasteiger charge is 2.33. The third-order valence-electron chi connectivity index (χ3n) is 4.98. The largest absolute Gasteiger partial charge is 0.417 e. The summed E-state index contributed by atoms with van der Waals surface area (Å²) in [4.78, 5) is 26.1. The van der Waals surface area contributed by atoms with E-state index in [1.54, 1.807) is 25.7 Å². The van der Waals surface area contributed by atoms with E-state index in [1.807, 2.05) is 0 Å². The second kappa shape index (κ2) is 7.64. The maximum atomic E-state index is 13.1. The summed E-state index contributed by atoms with van der Waals surface area (Å²) in [6.07, 6.45) is -2.09. The zero-order valence-electron chi connectivity index (χ0n) is 16.6. The molecule has 2 amide bonds. The Morgan fingerprint density at radius 1 is 1.21 bits per heavy atom. The zero-order chi connectivity index (χ0) is 21.4. The van der Waals surface area contributed by atoms with Crippen LogP contribution < -0.4 is 5.32 Å². The number of carbonyl (C=O) groups is 2. The predicted octanol–water partition coefficient (Wildman–Crippen LogP) is 2.62. The quantitative estimate of drug-likeness (QED) is 0.842. The lowest BCUT2D eigenvalue weighted by atomic mass is 9.95. The van der Waals surface area contributed by atoms with E-state index in [1.165, 1.54) is 10.5 Å². The summed E-state index contributed by atoms with van der Waals surface area (Å²) in [5.41, 5.74) is -1.05. The minimum absolute atomic E-state index is 0.109. The van der Waals surface area contributed by atoms with Crippen LogP contribution in [0.15, 0.2) is 18.3 Å². The number of nitrogens with zero attached hydrogens (tertiary/aromatic N) is 4. The predicted molar refractivity (Wildman–Crippen MR) is 99.0 cm³/mol. The van der Waals surface area contributed by atoms with Gasteiger partial charge in [0.2, 0.25) is 11.8 Å². The second-order valence-corrected chi connectivity index (χ2v) is 8.31. The van der Waals surface area contributed by atoms with Gasteiger partial charge >= 0.3 is 6.18 Å². The number of aromatic nitrogens is 3. The number of pyridine rings is 1. The minimum atomic E-state index is -4.46. The van der Waals surface area contributed by atoms with Gasteiger partial charge in [-0.1, -0.05) is 20.8 Å². The van der Waals surface area contributed by atoms with Gasteiger partial charge in [0.15, 0.2) is 5.65 Å². The van der Waals surface area contributed by atoms with Crippen molar-refractivity contribution in [3.05, 3.63) is 29.7 Å². The first-order chi connectivity index (χ1) is 13.5. The van der Waals surface area contributed by atoms with Gasteiger partial charge in [-0.2, -0.15) is 13.2 Å². The number of nitrogens with one attached hydrogen (secondary N) is 1. The summed E-state index contributed by atoms with van der Waals surface area (Å²) in [5.74, 6) is -0.272. The third-order valence-corrected chi connectivity index (χ3v) is 4.98. The van der Waals surface area contributed by atoms with E-state index in [0.717, 1.165) is 12.3 Å². The molecule has 29 heavy (non-hydrogen) atoms. The Kier molecular flexibility index (Phi) is 5.55. The Labute approximate surface area is 166 Å². The normalized spacial score (nSPS) is 18.1. The molecule has 0 bridgehead atoms. The molecule has 2 aromatic rings. The van der Waals surface area contributed by atoms with Crippen molar-refractivity contribution in [2.24, 2.45) is 5.41 Å². The molecule has 0 saturated carbocycles. The SMILES string of the molecule is CC(C)(C)C(=O)NCC(=O)N1CCCC(c2nnc3ccc(C(F)(F)F)cn23)C1. The van der Waals surface area contributed by atoms with Gasteiger partial charge in [0, 0.05) is 30.6 Å². The third kappa shape index (κ3) is 4.68. The van der Waals surface area contributed by atoms with E-state index in [4.69, 9.17) is 0 Å². The molecule has 10 heteroatoms. The van der Waals surface area contributed by atoms with Crippen LogP contribution >= 0.6 is 0 Å². The van der Waals surface area contributed by atoms with Crippen LogP contribution in [0.5, 0.6) is 0 Å². The number of hydrogen-bond donors (Lipinski definition) is 1. The molecule has 1 aliphatic rings. The molecule has 0 aromatic carbocycles. The van der Waals surface area contributed by atoms with Gasteiger partial charge < -0.3 is 10.2 Å². The molecule has 3 rings (SSSR count). The fraction of sp³-hybridized carbons (Fsp3) is 0.579. The first-order valence-electron chi connectivity index (χ1n) is 9.45. The topological polar surface area (TPSA) is 79.6 Å². The number of rotatable bonds is 3. The molecule has 158 valence electrons. The van der Waals surface area contributed by atoms with Crippen molar-refractivity contribution in [2.75, 3.05) is 19.6 Å². The molecule has 0 radical (unpaired) electrons. The summed E-state index contributed by atoms with van der Waals surface area (Å²) in [6, 6.07) is 2.26. The number of hydrogen-bond acceptors (Lipinski definition) is 4. The standard InChI is InChI=1S/C19H24F3N5O2/c1-18(2,3)17(29)23-9-15(28)26-8-4-5-12(10-26)16-25-24-14-7-6-13(11-27(14)16)19(20,21)22/h6-7,11-12H,4-5,8-10H2,1-3H3,(H,23,29). The van der Waals surface area contributed by atoms with Crippen LogP contribution in [0.4, 0.5) is 13.2 Å². The molecule has 1 fully saturated rings. The number of carbonyl (C=O) groups excluding carboxylic acids is 2.